The van der Waals surface area contributed by atoms with E-state index in [0.717, 1.165) is 0 Å². The normalized spacial score (nSPS) is 20.6. The van der Waals surface area contributed by atoms with Crippen LogP contribution in [0.1, 0.15) is 46.5 Å². The topological polar surface area (TPSA) is 142 Å². The number of hydrogen-bond acceptors (Lipinski definition) is 7. The number of nitro groups is 1. The summed E-state index contributed by atoms with van der Waals surface area (Å²) in [5.74, 6) is 0.503. The smallest absolute Gasteiger partial charge is 0.404 e. The molecule has 0 radical (unpaired) electrons. The molecule has 138 valence electrons. The lowest BCUT2D eigenvalue weighted by molar-refractivity contribution is -0.384. The second kappa shape index (κ2) is 7.49. The Balaban J connectivity index is 2.08. The fraction of sp³-hybridized carbons (Fsp3) is 0.667. The third-order valence-corrected chi connectivity index (χ3v) is 3.85. The molecular weight excluding hydrogens is 328 g/mol. The molecule has 1 aromatic rings. The lowest BCUT2D eigenvalue weighted by atomic mass is 9.91. The van der Waals surface area contributed by atoms with E-state index >= 15 is 0 Å². The minimum atomic E-state index is -1.03. The van der Waals surface area contributed by atoms with Crippen molar-refractivity contribution < 1.29 is 14.8 Å². The molecule has 1 aliphatic carbocycles. The van der Waals surface area contributed by atoms with Crippen molar-refractivity contribution in [1.29, 1.82) is 0 Å². The fourth-order valence-electron chi connectivity index (χ4n) is 2.76. The lowest BCUT2D eigenvalue weighted by Crippen LogP contribution is -2.39. The largest absolute Gasteiger partial charge is 0.465 e. The van der Waals surface area contributed by atoms with Crippen molar-refractivity contribution in [3.63, 3.8) is 0 Å². The minimum absolute atomic E-state index is 0.00271. The standard InChI is InChI=1S/C15H24N6O4/c1-15(2,3)20-13-16-8-11(21(24)25)12(19-13)17-9-4-6-10(7-5-9)18-14(22)23/h8-10,18H,4-7H2,1-3H3,(H,22,23)(H2,16,17,19,20). The summed E-state index contributed by atoms with van der Waals surface area (Å²) in [7, 11) is 0. The lowest BCUT2D eigenvalue weighted by Gasteiger charge is -2.29. The molecule has 2 rings (SSSR count). The summed E-state index contributed by atoms with van der Waals surface area (Å²) in [6.45, 7) is 5.84. The van der Waals surface area contributed by atoms with Crippen LogP contribution in [-0.2, 0) is 0 Å². The Labute approximate surface area is 145 Å². The highest BCUT2D eigenvalue weighted by molar-refractivity contribution is 5.64. The highest BCUT2D eigenvalue weighted by Gasteiger charge is 2.26. The van der Waals surface area contributed by atoms with Gasteiger partial charge in [0.1, 0.15) is 6.20 Å². The van der Waals surface area contributed by atoms with E-state index in [1.165, 1.54) is 6.20 Å². The molecule has 0 unspecified atom stereocenters. The first-order valence-electron chi connectivity index (χ1n) is 8.19. The molecule has 1 saturated carbocycles. The summed E-state index contributed by atoms with van der Waals surface area (Å²) in [6.07, 6.45) is 2.93. The van der Waals surface area contributed by atoms with Crippen LogP contribution in [0.5, 0.6) is 0 Å². The third-order valence-electron chi connectivity index (χ3n) is 3.85. The average Bonchev–Trinajstić information content (AvgIpc) is 2.47. The number of anilines is 2. The van der Waals surface area contributed by atoms with E-state index in [1.807, 2.05) is 20.8 Å². The van der Waals surface area contributed by atoms with E-state index in [4.69, 9.17) is 5.11 Å². The molecule has 25 heavy (non-hydrogen) atoms. The van der Waals surface area contributed by atoms with Crippen molar-refractivity contribution in [3.05, 3.63) is 16.3 Å². The molecule has 1 heterocycles. The maximum absolute atomic E-state index is 11.2. The van der Waals surface area contributed by atoms with E-state index in [1.54, 1.807) is 0 Å². The molecule has 1 fully saturated rings. The molecule has 0 bridgehead atoms. The maximum Gasteiger partial charge on any atom is 0.404 e. The second-order valence-electron chi connectivity index (χ2n) is 7.20. The first-order valence-corrected chi connectivity index (χ1v) is 8.19. The van der Waals surface area contributed by atoms with Crippen LogP contribution in [0.3, 0.4) is 0 Å². The first kappa shape index (κ1) is 18.7. The first-order chi connectivity index (χ1) is 11.6. The Kier molecular flexibility index (Phi) is 5.60. The van der Waals surface area contributed by atoms with Crippen LogP contribution in [0.2, 0.25) is 0 Å². The van der Waals surface area contributed by atoms with E-state index < -0.39 is 11.0 Å². The maximum atomic E-state index is 11.2. The van der Waals surface area contributed by atoms with Gasteiger partial charge >= 0.3 is 11.8 Å². The summed E-state index contributed by atoms with van der Waals surface area (Å²) < 4.78 is 0. The molecule has 0 spiro atoms. The van der Waals surface area contributed by atoms with E-state index in [-0.39, 0.29) is 29.1 Å². The molecular formula is C15H24N6O4. The number of carbonyl (C=O) groups is 1. The SMILES string of the molecule is CC(C)(C)Nc1ncc([N+](=O)[O-])c(NC2CCC(NC(=O)O)CC2)n1. The van der Waals surface area contributed by atoms with Gasteiger partial charge in [-0.25, -0.2) is 9.78 Å². The van der Waals surface area contributed by atoms with Gasteiger partial charge in [0.05, 0.1) is 4.92 Å². The Hall–Kier alpha value is -2.65. The van der Waals surface area contributed by atoms with Gasteiger partial charge in [-0.2, -0.15) is 4.98 Å². The molecule has 0 atom stereocenters. The molecule has 1 aromatic heterocycles. The number of carboxylic acid groups (broad SMARTS) is 1. The molecule has 10 nitrogen and oxygen atoms in total. The van der Waals surface area contributed by atoms with Gasteiger partial charge in [-0.1, -0.05) is 0 Å². The minimum Gasteiger partial charge on any atom is -0.465 e. The van der Waals surface area contributed by atoms with Gasteiger partial charge in [0.25, 0.3) is 0 Å². The quantitative estimate of drug-likeness (QED) is 0.468. The average molecular weight is 352 g/mol. The van der Waals surface area contributed by atoms with E-state index in [0.29, 0.717) is 31.6 Å². The van der Waals surface area contributed by atoms with Gasteiger partial charge in [0.2, 0.25) is 11.8 Å². The van der Waals surface area contributed by atoms with Gasteiger partial charge in [0.15, 0.2) is 0 Å². The van der Waals surface area contributed by atoms with Crippen LogP contribution in [0.4, 0.5) is 22.2 Å². The van der Waals surface area contributed by atoms with Crippen molar-refractivity contribution in [2.75, 3.05) is 10.6 Å². The summed E-state index contributed by atoms with van der Waals surface area (Å²) in [5, 5.41) is 28.7. The third kappa shape index (κ3) is 5.73. The molecule has 1 amide bonds. The molecule has 4 N–H and O–H groups in total. The van der Waals surface area contributed by atoms with Crippen LogP contribution in [0, 0.1) is 10.1 Å². The monoisotopic (exact) mass is 352 g/mol. The van der Waals surface area contributed by atoms with Crippen molar-refractivity contribution in [2.45, 2.75) is 64.1 Å². The Morgan fingerprint density at radius 3 is 2.40 bits per heavy atom. The number of rotatable bonds is 5. The number of amides is 1. The van der Waals surface area contributed by atoms with Gasteiger partial charge in [-0.05, 0) is 46.5 Å². The predicted molar refractivity (Wildman–Crippen MR) is 92.9 cm³/mol. The summed E-state index contributed by atoms with van der Waals surface area (Å²) in [5.41, 5.74) is -0.446. The predicted octanol–water partition coefficient (Wildman–Crippen LogP) is 2.59. The van der Waals surface area contributed by atoms with Crippen molar-refractivity contribution in [3.8, 4) is 0 Å². The van der Waals surface area contributed by atoms with Crippen LogP contribution in [0.25, 0.3) is 0 Å². The summed E-state index contributed by atoms with van der Waals surface area (Å²) in [6, 6.07) is -0.0722. The highest BCUT2D eigenvalue weighted by Crippen LogP contribution is 2.27. The Bertz CT molecular complexity index is 637. The van der Waals surface area contributed by atoms with Crippen LogP contribution in [-0.4, -0.2) is 43.7 Å². The molecule has 0 aliphatic heterocycles. The van der Waals surface area contributed by atoms with Crippen molar-refractivity contribution in [2.24, 2.45) is 0 Å². The van der Waals surface area contributed by atoms with Gasteiger partial charge in [-0.15, -0.1) is 0 Å². The Morgan fingerprint density at radius 1 is 1.28 bits per heavy atom. The van der Waals surface area contributed by atoms with E-state index in [2.05, 4.69) is 25.9 Å². The number of nitrogens with one attached hydrogen (secondary N) is 3. The number of aromatic nitrogens is 2. The molecule has 1 aliphatic rings. The van der Waals surface area contributed by atoms with Gasteiger partial charge < -0.3 is 21.1 Å². The van der Waals surface area contributed by atoms with E-state index in [9.17, 15) is 14.9 Å². The summed E-state index contributed by atoms with van der Waals surface area (Å²) >= 11 is 0. The number of hydrogen-bond donors (Lipinski definition) is 4. The van der Waals surface area contributed by atoms with Crippen LogP contribution >= 0.6 is 0 Å². The number of nitrogens with zero attached hydrogens (tertiary/aromatic N) is 3. The zero-order valence-corrected chi connectivity index (χ0v) is 14.6. The van der Waals surface area contributed by atoms with Crippen molar-refractivity contribution in [1.82, 2.24) is 15.3 Å². The molecule has 10 heteroatoms. The van der Waals surface area contributed by atoms with Gasteiger partial charge in [0, 0.05) is 17.6 Å². The summed E-state index contributed by atoms with van der Waals surface area (Å²) in [4.78, 5) is 29.7. The fourth-order valence-corrected chi connectivity index (χ4v) is 2.76. The second-order valence-corrected chi connectivity index (χ2v) is 7.20. The molecule has 0 aromatic carbocycles. The Morgan fingerprint density at radius 2 is 1.88 bits per heavy atom. The van der Waals surface area contributed by atoms with Crippen LogP contribution in [0.15, 0.2) is 6.20 Å². The zero-order chi connectivity index (χ0) is 18.6. The van der Waals surface area contributed by atoms with Crippen molar-refractivity contribution >= 4 is 23.5 Å². The highest BCUT2D eigenvalue weighted by atomic mass is 16.6. The molecule has 0 saturated heterocycles. The van der Waals surface area contributed by atoms with Gasteiger partial charge in [-0.3, -0.25) is 10.1 Å². The van der Waals surface area contributed by atoms with Crippen LogP contribution < -0.4 is 16.0 Å². The zero-order valence-electron chi connectivity index (χ0n) is 14.6.